The van der Waals surface area contributed by atoms with Crippen molar-refractivity contribution in [2.75, 3.05) is 14.2 Å². The predicted octanol–water partition coefficient (Wildman–Crippen LogP) is 4.99. The predicted molar refractivity (Wildman–Crippen MR) is 115 cm³/mol. The van der Waals surface area contributed by atoms with E-state index in [1.807, 2.05) is 24.3 Å². The Labute approximate surface area is 183 Å². The van der Waals surface area contributed by atoms with Crippen LogP contribution in [0.1, 0.15) is 15.9 Å². The van der Waals surface area contributed by atoms with Gasteiger partial charge < -0.3 is 19.5 Å². The Bertz CT molecular complexity index is 1100. The first-order valence-electron chi connectivity index (χ1n) is 9.12. The summed E-state index contributed by atoms with van der Waals surface area (Å²) in [7, 11) is 3.00. The Morgan fingerprint density at radius 1 is 0.968 bits per heavy atom. The largest absolute Gasteiger partial charge is 0.497 e. The number of methoxy groups -OCH3 is 2. The zero-order valence-electron chi connectivity index (χ0n) is 16.8. The van der Waals surface area contributed by atoms with E-state index in [9.17, 15) is 14.9 Å². The molecule has 0 saturated carbocycles. The number of rotatable bonds is 8. The summed E-state index contributed by atoms with van der Waals surface area (Å²) in [6.45, 7) is 0.334. The van der Waals surface area contributed by atoms with Gasteiger partial charge in [0.1, 0.15) is 5.75 Å². The Balaban J connectivity index is 1.75. The normalized spacial score (nSPS) is 10.3. The third-order valence-corrected chi connectivity index (χ3v) is 4.61. The molecule has 1 N–H and O–H groups in total. The fourth-order valence-electron chi connectivity index (χ4n) is 2.76. The molecule has 3 aromatic carbocycles. The molecule has 0 aromatic heterocycles. The number of ether oxygens (including phenoxy) is 3. The van der Waals surface area contributed by atoms with E-state index in [2.05, 4.69) is 5.32 Å². The van der Waals surface area contributed by atoms with E-state index < -0.39 is 4.92 Å². The van der Waals surface area contributed by atoms with Crippen molar-refractivity contribution < 1.29 is 23.9 Å². The Kier molecular flexibility index (Phi) is 6.94. The fourth-order valence-corrected chi connectivity index (χ4v) is 2.93. The maximum Gasteiger partial charge on any atom is 0.313 e. The van der Waals surface area contributed by atoms with E-state index in [1.54, 1.807) is 13.2 Å². The van der Waals surface area contributed by atoms with Gasteiger partial charge in [-0.1, -0.05) is 23.7 Å². The smallest absolute Gasteiger partial charge is 0.313 e. The first-order chi connectivity index (χ1) is 14.9. The van der Waals surface area contributed by atoms with Crippen LogP contribution in [-0.4, -0.2) is 25.1 Å². The summed E-state index contributed by atoms with van der Waals surface area (Å²) in [6.07, 6.45) is 0. The van der Waals surface area contributed by atoms with Crippen LogP contribution in [0.25, 0.3) is 0 Å². The quantitative estimate of drug-likeness (QED) is 0.389. The molecule has 3 aromatic rings. The van der Waals surface area contributed by atoms with Crippen molar-refractivity contribution in [3.63, 3.8) is 0 Å². The van der Waals surface area contributed by atoms with Gasteiger partial charge in [0.25, 0.3) is 5.91 Å². The molecule has 0 fully saturated rings. The molecule has 8 nitrogen and oxygen atoms in total. The zero-order chi connectivity index (χ0) is 22.4. The number of carbonyl (C=O) groups is 1. The van der Waals surface area contributed by atoms with Gasteiger partial charge in [0.2, 0.25) is 5.75 Å². The van der Waals surface area contributed by atoms with Gasteiger partial charge in [-0.05, 0) is 48.0 Å². The molecule has 31 heavy (non-hydrogen) atoms. The van der Waals surface area contributed by atoms with Crippen LogP contribution in [-0.2, 0) is 6.54 Å². The minimum Gasteiger partial charge on any atom is -0.497 e. The summed E-state index contributed by atoms with van der Waals surface area (Å²) < 4.78 is 16.1. The number of halogens is 1. The average Bonchev–Trinajstić information content (AvgIpc) is 2.79. The molecule has 0 radical (unpaired) electrons. The number of nitro benzene ring substituents is 1. The minimum atomic E-state index is -0.589. The molecule has 0 saturated heterocycles. The summed E-state index contributed by atoms with van der Waals surface area (Å²) in [4.78, 5) is 23.2. The maximum atomic E-state index is 12.5. The molecule has 0 unspecified atom stereocenters. The number of amides is 1. The molecule has 0 atom stereocenters. The van der Waals surface area contributed by atoms with Gasteiger partial charge in [0, 0.05) is 23.2 Å². The van der Waals surface area contributed by atoms with E-state index in [1.165, 1.54) is 37.4 Å². The number of hydrogen-bond acceptors (Lipinski definition) is 6. The van der Waals surface area contributed by atoms with E-state index >= 15 is 0 Å². The lowest BCUT2D eigenvalue weighted by atomic mass is 10.1. The highest BCUT2D eigenvalue weighted by Gasteiger charge is 2.19. The van der Waals surface area contributed by atoms with Crippen molar-refractivity contribution in [3.8, 4) is 23.0 Å². The molecular weight excluding hydrogens is 424 g/mol. The van der Waals surface area contributed by atoms with Crippen LogP contribution in [0.15, 0.2) is 60.7 Å². The summed E-state index contributed by atoms with van der Waals surface area (Å²) >= 11 is 5.83. The standard InChI is InChI=1S/C22H19ClN2O6/c1-29-17-7-3-14(4-8-17)13-24-22(26)15-5-9-20(21(11-15)30-2)31-19-10-6-16(23)12-18(19)25(27)28/h3-12H,13H2,1-2H3,(H,24,26). The number of benzene rings is 3. The summed E-state index contributed by atoms with van der Waals surface area (Å²) in [5, 5.41) is 14.3. The third kappa shape index (κ3) is 5.43. The second kappa shape index (κ2) is 9.82. The molecule has 3 rings (SSSR count). The van der Waals surface area contributed by atoms with Gasteiger partial charge in [-0.15, -0.1) is 0 Å². The highest BCUT2D eigenvalue weighted by atomic mass is 35.5. The topological polar surface area (TPSA) is 99.9 Å². The third-order valence-electron chi connectivity index (χ3n) is 4.38. The van der Waals surface area contributed by atoms with Crippen molar-refractivity contribution in [2.24, 2.45) is 0 Å². The number of carbonyl (C=O) groups excluding carboxylic acids is 1. The second-order valence-corrected chi connectivity index (χ2v) is 6.80. The van der Waals surface area contributed by atoms with Gasteiger partial charge in [0.05, 0.1) is 19.1 Å². The average molecular weight is 443 g/mol. The molecule has 0 aliphatic carbocycles. The summed E-state index contributed by atoms with van der Waals surface area (Å²) in [5.74, 6) is 0.903. The number of nitrogens with one attached hydrogen (secondary N) is 1. The Morgan fingerprint density at radius 3 is 2.32 bits per heavy atom. The van der Waals surface area contributed by atoms with Crippen molar-refractivity contribution in [1.82, 2.24) is 5.32 Å². The molecule has 1 amide bonds. The monoisotopic (exact) mass is 442 g/mol. The Hall–Kier alpha value is -3.78. The maximum absolute atomic E-state index is 12.5. The molecule has 0 heterocycles. The van der Waals surface area contributed by atoms with Gasteiger partial charge in [-0.2, -0.15) is 0 Å². The van der Waals surface area contributed by atoms with E-state index in [0.717, 1.165) is 11.3 Å². The zero-order valence-corrected chi connectivity index (χ0v) is 17.5. The first kappa shape index (κ1) is 21.9. The van der Waals surface area contributed by atoms with Crippen LogP contribution in [0.2, 0.25) is 5.02 Å². The van der Waals surface area contributed by atoms with E-state index in [0.29, 0.717) is 12.1 Å². The van der Waals surface area contributed by atoms with Gasteiger partial charge in [-0.25, -0.2) is 0 Å². The molecule has 0 aliphatic heterocycles. The van der Waals surface area contributed by atoms with Crippen molar-refractivity contribution in [1.29, 1.82) is 0 Å². The minimum absolute atomic E-state index is 0.00408. The molecular formula is C22H19ClN2O6. The molecule has 160 valence electrons. The number of nitrogens with zero attached hydrogens (tertiary/aromatic N) is 1. The second-order valence-electron chi connectivity index (χ2n) is 6.37. The summed E-state index contributed by atoms with van der Waals surface area (Å²) in [5.41, 5.74) is 0.982. The highest BCUT2D eigenvalue weighted by molar-refractivity contribution is 6.30. The van der Waals surface area contributed by atoms with Gasteiger partial charge in [-0.3, -0.25) is 14.9 Å². The van der Waals surface area contributed by atoms with Crippen LogP contribution in [0, 0.1) is 10.1 Å². The van der Waals surface area contributed by atoms with Crippen LogP contribution < -0.4 is 19.5 Å². The lowest BCUT2D eigenvalue weighted by Crippen LogP contribution is -2.22. The van der Waals surface area contributed by atoms with Crippen LogP contribution in [0.5, 0.6) is 23.0 Å². The molecule has 0 spiro atoms. The molecule has 0 aliphatic rings. The van der Waals surface area contributed by atoms with E-state index in [4.69, 9.17) is 25.8 Å². The van der Waals surface area contributed by atoms with Gasteiger partial charge >= 0.3 is 5.69 Å². The van der Waals surface area contributed by atoms with Crippen molar-refractivity contribution in [2.45, 2.75) is 6.54 Å². The van der Waals surface area contributed by atoms with Gasteiger partial charge in [0.15, 0.2) is 11.5 Å². The highest BCUT2D eigenvalue weighted by Crippen LogP contribution is 2.37. The lowest BCUT2D eigenvalue weighted by molar-refractivity contribution is -0.385. The van der Waals surface area contributed by atoms with Crippen molar-refractivity contribution >= 4 is 23.2 Å². The van der Waals surface area contributed by atoms with Crippen LogP contribution in [0.3, 0.4) is 0 Å². The summed E-state index contributed by atoms with van der Waals surface area (Å²) in [6, 6.07) is 16.0. The number of nitro groups is 1. The lowest BCUT2D eigenvalue weighted by Gasteiger charge is -2.12. The molecule has 9 heteroatoms. The van der Waals surface area contributed by atoms with Crippen molar-refractivity contribution in [3.05, 3.63) is 86.9 Å². The molecule has 0 bridgehead atoms. The fraction of sp³-hybridized carbons (Fsp3) is 0.136. The van der Waals surface area contributed by atoms with E-state index in [-0.39, 0.29) is 33.9 Å². The van der Waals surface area contributed by atoms with Crippen LogP contribution >= 0.6 is 11.6 Å². The Morgan fingerprint density at radius 2 is 1.68 bits per heavy atom. The number of hydrogen-bond donors (Lipinski definition) is 1. The SMILES string of the molecule is COc1ccc(CNC(=O)c2ccc(Oc3ccc(Cl)cc3[N+](=O)[O-])c(OC)c2)cc1. The van der Waals surface area contributed by atoms with Crippen LogP contribution in [0.4, 0.5) is 5.69 Å². The first-order valence-corrected chi connectivity index (χ1v) is 9.50.